The minimum atomic E-state index is -1.62. The van der Waals surface area contributed by atoms with Gasteiger partial charge in [0.15, 0.2) is 5.96 Å². The summed E-state index contributed by atoms with van der Waals surface area (Å²) >= 11 is 0. The lowest BCUT2D eigenvalue weighted by atomic mass is 10.1. The SMILES string of the molecule is NC(N)=NCCCC(NC(=O)C(N)CO)C(=O)NC(CCC(=O)O)C(=O)NC(CCC(=O)O)C(=O)O. The highest BCUT2D eigenvalue weighted by Gasteiger charge is 2.30. The lowest BCUT2D eigenvalue weighted by Gasteiger charge is -2.24. The summed E-state index contributed by atoms with van der Waals surface area (Å²) in [6.07, 6.45) is -1.91. The van der Waals surface area contributed by atoms with E-state index in [0.717, 1.165) is 0 Å². The molecule has 0 fully saturated rings. The molecule has 0 aliphatic heterocycles. The molecule has 17 nitrogen and oxygen atoms in total. The first-order valence-corrected chi connectivity index (χ1v) is 10.8. The average molecular weight is 520 g/mol. The van der Waals surface area contributed by atoms with Crippen LogP contribution in [0.4, 0.5) is 0 Å². The van der Waals surface area contributed by atoms with E-state index in [4.69, 9.17) is 32.5 Å². The fraction of sp³-hybridized carbons (Fsp3) is 0.632. The van der Waals surface area contributed by atoms with Crippen LogP contribution < -0.4 is 33.2 Å². The van der Waals surface area contributed by atoms with Crippen LogP contribution in [0.15, 0.2) is 4.99 Å². The molecule has 0 aromatic rings. The van der Waals surface area contributed by atoms with Gasteiger partial charge in [-0.25, -0.2) is 4.79 Å². The molecule has 0 aromatic heterocycles. The summed E-state index contributed by atoms with van der Waals surface area (Å²) in [7, 11) is 0. The van der Waals surface area contributed by atoms with Gasteiger partial charge in [-0.1, -0.05) is 0 Å². The van der Waals surface area contributed by atoms with Gasteiger partial charge in [0.25, 0.3) is 0 Å². The molecule has 4 atom stereocenters. The monoisotopic (exact) mass is 519 g/mol. The molecule has 17 heteroatoms. The number of aliphatic hydroxyl groups is 1. The number of rotatable bonds is 18. The number of guanidine groups is 1. The van der Waals surface area contributed by atoms with Crippen LogP contribution in [0.1, 0.15) is 38.5 Å². The molecule has 0 aliphatic carbocycles. The van der Waals surface area contributed by atoms with Crippen LogP contribution in [0.2, 0.25) is 0 Å². The maximum Gasteiger partial charge on any atom is 0.326 e. The number of aliphatic imine (C=N–C) groups is 1. The number of nitrogens with two attached hydrogens (primary N) is 3. The number of aliphatic hydroxyl groups excluding tert-OH is 1. The third-order valence-corrected chi connectivity index (χ3v) is 4.65. The van der Waals surface area contributed by atoms with Crippen molar-refractivity contribution in [1.82, 2.24) is 16.0 Å². The molecule has 0 spiro atoms. The van der Waals surface area contributed by atoms with Crippen molar-refractivity contribution >= 4 is 41.6 Å². The molecule has 0 bridgehead atoms. The number of hydrogen-bond acceptors (Lipinski definition) is 9. The van der Waals surface area contributed by atoms with Gasteiger partial charge in [-0.15, -0.1) is 0 Å². The summed E-state index contributed by atoms with van der Waals surface area (Å²) in [6.45, 7) is -0.633. The van der Waals surface area contributed by atoms with E-state index in [9.17, 15) is 33.9 Å². The Morgan fingerprint density at radius 2 is 1.17 bits per heavy atom. The van der Waals surface area contributed by atoms with Crippen molar-refractivity contribution in [2.75, 3.05) is 13.2 Å². The molecule has 0 aliphatic rings. The van der Waals surface area contributed by atoms with Gasteiger partial charge in [0, 0.05) is 19.4 Å². The molecule has 0 aromatic carbocycles. The largest absolute Gasteiger partial charge is 0.481 e. The number of nitrogens with zero attached hydrogens (tertiary/aromatic N) is 1. The Balaban J connectivity index is 5.62. The van der Waals surface area contributed by atoms with Crippen molar-refractivity contribution in [3.63, 3.8) is 0 Å². The predicted octanol–water partition coefficient (Wildman–Crippen LogP) is -4.37. The van der Waals surface area contributed by atoms with Gasteiger partial charge in [0.1, 0.15) is 24.2 Å². The standard InChI is InChI=1S/C19H33N7O10/c20-9(8-27)15(32)24-10(2-1-7-23-19(21)22)16(33)25-11(3-5-13(28)29)17(34)26-12(18(35)36)4-6-14(30)31/h9-12,27H,1-8,20H2,(H,24,32)(H,25,33)(H,26,34)(H,28,29)(H,30,31)(H,35,36)(H4,21,22,23). The van der Waals surface area contributed by atoms with E-state index in [-0.39, 0.29) is 25.3 Å². The highest BCUT2D eigenvalue weighted by molar-refractivity contribution is 5.94. The first-order chi connectivity index (χ1) is 16.8. The zero-order valence-corrected chi connectivity index (χ0v) is 19.4. The van der Waals surface area contributed by atoms with E-state index >= 15 is 0 Å². The summed E-state index contributed by atoms with van der Waals surface area (Å²) in [5, 5.41) is 42.7. The Hall–Kier alpha value is -3.99. The zero-order valence-electron chi connectivity index (χ0n) is 19.4. The van der Waals surface area contributed by atoms with E-state index in [0.29, 0.717) is 0 Å². The highest BCUT2D eigenvalue weighted by atomic mass is 16.4. The zero-order chi connectivity index (χ0) is 27.8. The lowest BCUT2D eigenvalue weighted by molar-refractivity contribution is -0.144. The summed E-state index contributed by atoms with van der Waals surface area (Å²) in [5.74, 6) is -7.23. The number of aliphatic carboxylic acids is 3. The predicted molar refractivity (Wildman–Crippen MR) is 122 cm³/mol. The number of carboxylic acid groups (broad SMARTS) is 3. The molecular formula is C19H33N7O10. The van der Waals surface area contributed by atoms with Gasteiger partial charge in [-0.2, -0.15) is 0 Å². The van der Waals surface area contributed by atoms with Crippen molar-refractivity contribution in [1.29, 1.82) is 0 Å². The van der Waals surface area contributed by atoms with Crippen LogP contribution in [0.25, 0.3) is 0 Å². The molecular weight excluding hydrogens is 486 g/mol. The minimum absolute atomic E-state index is 0.0455. The molecule has 36 heavy (non-hydrogen) atoms. The second kappa shape index (κ2) is 16.6. The molecule has 0 saturated carbocycles. The Labute approximate surface area is 205 Å². The Morgan fingerprint density at radius 1 is 0.722 bits per heavy atom. The van der Waals surface area contributed by atoms with Crippen molar-refractivity contribution < 1.29 is 49.2 Å². The molecule has 0 heterocycles. The topological polar surface area (TPSA) is 310 Å². The third-order valence-electron chi connectivity index (χ3n) is 4.65. The normalized spacial score (nSPS) is 13.8. The van der Waals surface area contributed by atoms with Crippen LogP contribution in [-0.4, -0.2) is 99.3 Å². The third kappa shape index (κ3) is 13.7. The number of hydrogen-bond donors (Lipinski definition) is 10. The Morgan fingerprint density at radius 3 is 1.61 bits per heavy atom. The van der Waals surface area contributed by atoms with Crippen LogP contribution >= 0.6 is 0 Å². The quantitative estimate of drug-likeness (QED) is 0.0465. The van der Waals surface area contributed by atoms with Gasteiger partial charge < -0.3 is 53.6 Å². The molecule has 0 radical (unpaired) electrons. The van der Waals surface area contributed by atoms with Gasteiger partial charge in [-0.05, 0) is 25.7 Å². The summed E-state index contributed by atoms with van der Waals surface area (Å²) in [5.41, 5.74) is 15.9. The van der Waals surface area contributed by atoms with Crippen molar-refractivity contribution in [3.8, 4) is 0 Å². The second-order valence-corrected chi connectivity index (χ2v) is 7.62. The summed E-state index contributed by atoms with van der Waals surface area (Å²) in [6, 6.07) is -5.80. The van der Waals surface area contributed by atoms with Crippen LogP contribution in [-0.2, 0) is 28.8 Å². The number of carbonyl (C=O) groups is 6. The van der Waals surface area contributed by atoms with E-state index in [2.05, 4.69) is 20.9 Å². The number of carboxylic acids is 3. The van der Waals surface area contributed by atoms with E-state index in [1.165, 1.54) is 0 Å². The minimum Gasteiger partial charge on any atom is -0.481 e. The summed E-state index contributed by atoms with van der Waals surface area (Å²) in [4.78, 5) is 74.5. The van der Waals surface area contributed by atoms with Crippen molar-refractivity contribution in [2.45, 2.75) is 62.7 Å². The first kappa shape index (κ1) is 32.0. The number of carbonyl (C=O) groups excluding carboxylic acids is 3. The van der Waals surface area contributed by atoms with E-state index < -0.39 is 92.1 Å². The van der Waals surface area contributed by atoms with Crippen LogP contribution in [0.3, 0.4) is 0 Å². The van der Waals surface area contributed by atoms with Crippen LogP contribution in [0.5, 0.6) is 0 Å². The van der Waals surface area contributed by atoms with E-state index in [1.54, 1.807) is 0 Å². The lowest BCUT2D eigenvalue weighted by Crippen LogP contribution is -2.57. The highest BCUT2D eigenvalue weighted by Crippen LogP contribution is 2.06. The van der Waals surface area contributed by atoms with Crippen molar-refractivity contribution in [3.05, 3.63) is 0 Å². The Bertz CT molecular complexity index is 831. The molecule has 13 N–H and O–H groups in total. The van der Waals surface area contributed by atoms with Crippen molar-refractivity contribution in [2.24, 2.45) is 22.2 Å². The molecule has 0 rings (SSSR count). The fourth-order valence-corrected chi connectivity index (χ4v) is 2.74. The van der Waals surface area contributed by atoms with E-state index in [1.807, 2.05) is 0 Å². The summed E-state index contributed by atoms with van der Waals surface area (Å²) < 4.78 is 0. The molecule has 204 valence electrons. The maximum atomic E-state index is 12.9. The smallest absolute Gasteiger partial charge is 0.326 e. The van der Waals surface area contributed by atoms with Gasteiger partial charge in [0.2, 0.25) is 17.7 Å². The second-order valence-electron chi connectivity index (χ2n) is 7.62. The fourth-order valence-electron chi connectivity index (χ4n) is 2.74. The number of amides is 3. The average Bonchev–Trinajstić information content (AvgIpc) is 2.79. The number of nitrogens with one attached hydrogen (secondary N) is 3. The van der Waals surface area contributed by atoms with Gasteiger partial charge in [0.05, 0.1) is 6.61 Å². The maximum absolute atomic E-state index is 12.9. The molecule has 0 saturated heterocycles. The molecule has 3 amide bonds. The molecule has 4 unspecified atom stereocenters. The Kier molecular flexibility index (Phi) is 14.8. The van der Waals surface area contributed by atoms with Gasteiger partial charge >= 0.3 is 17.9 Å². The van der Waals surface area contributed by atoms with Gasteiger partial charge in [-0.3, -0.25) is 29.0 Å². The first-order valence-electron chi connectivity index (χ1n) is 10.8. The van der Waals surface area contributed by atoms with Crippen LogP contribution in [0, 0.1) is 0 Å².